The van der Waals surface area contributed by atoms with Crippen molar-refractivity contribution in [2.45, 2.75) is 6.42 Å². The van der Waals surface area contributed by atoms with Gasteiger partial charge in [-0.1, -0.05) is 42.5 Å². The largest absolute Gasteiger partial charge is 0.326 e. The van der Waals surface area contributed by atoms with Crippen molar-refractivity contribution in [2.24, 2.45) is 0 Å². The molecule has 2 aromatic heterocycles. The highest BCUT2D eigenvalue weighted by Crippen LogP contribution is 2.26. The van der Waals surface area contributed by atoms with Crippen molar-refractivity contribution >= 4 is 40.1 Å². The Kier molecular flexibility index (Phi) is 5.41. The van der Waals surface area contributed by atoms with E-state index in [1.165, 1.54) is 11.3 Å². The van der Waals surface area contributed by atoms with E-state index in [0.29, 0.717) is 16.8 Å². The molecular weight excluding hydrogens is 388 g/mol. The van der Waals surface area contributed by atoms with Crippen LogP contribution in [-0.2, 0) is 11.2 Å². The summed E-state index contributed by atoms with van der Waals surface area (Å²) in [5, 5.41) is 9.72. The number of rotatable bonds is 6. The topological polar surface area (TPSA) is 59.1 Å². The minimum atomic E-state index is -0.161. The van der Waals surface area contributed by atoms with Gasteiger partial charge < -0.3 is 5.32 Å². The number of aromatic nitrogens is 1. The quantitative estimate of drug-likeness (QED) is 0.445. The molecule has 0 aliphatic rings. The van der Waals surface area contributed by atoms with Crippen molar-refractivity contribution in [3.63, 3.8) is 0 Å². The Balaban J connectivity index is 1.43. The number of nitrogens with zero attached hydrogens (tertiary/aromatic N) is 1. The van der Waals surface area contributed by atoms with E-state index in [9.17, 15) is 9.59 Å². The highest BCUT2D eigenvalue weighted by Gasteiger charge is 2.12. The van der Waals surface area contributed by atoms with Crippen LogP contribution in [0.1, 0.15) is 21.6 Å². The first kappa shape index (κ1) is 18.3. The van der Waals surface area contributed by atoms with Gasteiger partial charge in [0.1, 0.15) is 5.01 Å². The van der Waals surface area contributed by atoms with Gasteiger partial charge in [0.15, 0.2) is 5.78 Å². The predicted molar refractivity (Wildman–Crippen MR) is 114 cm³/mol. The molecule has 0 saturated carbocycles. The molecule has 4 nitrogen and oxygen atoms in total. The second-order valence-corrected chi connectivity index (χ2v) is 7.80. The first-order chi connectivity index (χ1) is 13.7. The third kappa shape index (κ3) is 4.24. The summed E-state index contributed by atoms with van der Waals surface area (Å²) < 4.78 is 0. The lowest BCUT2D eigenvalue weighted by atomic mass is 10.0. The number of benzene rings is 2. The first-order valence-corrected chi connectivity index (χ1v) is 10.5. The smallest absolute Gasteiger partial charge is 0.230 e. The monoisotopic (exact) mass is 404 g/mol. The summed E-state index contributed by atoms with van der Waals surface area (Å²) in [5.41, 5.74) is 3.57. The highest BCUT2D eigenvalue weighted by atomic mass is 32.1. The van der Waals surface area contributed by atoms with Crippen LogP contribution >= 0.6 is 22.7 Å². The van der Waals surface area contributed by atoms with Crippen LogP contribution in [-0.4, -0.2) is 16.7 Å². The average molecular weight is 405 g/mol. The van der Waals surface area contributed by atoms with Gasteiger partial charge >= 0.3 is 0 Å². The number of ketones is 1. The van der Waals surface area contributed by atoms with E-state index in [1.54, 1.807) is 47.7 Å². The summed E-state index contributed by atoms with van der Waals surface area (Å²) in [6.07, 6.45) is 0.192. The third-order valence-corrected chi connectivity index (χ3v) is 5.73. The Bertz CT molecular complexity index is 1100. The maximum absolute atomic E-state index is 12.6. The van der Waals surface area contributed by atoms with E-state index in [1.807, 2.05) is 40.4 Å². The second-order valence-electron chi connectivity index (χ2n) is 6.16. The fourth-order valence-electron chi connectivity index (χ4n) is 2.77. The zero-order chi connectivity index (χ0) is 19.3. The van der Waals surface area contributed by atoms with Crippen molar-refractivity contribution in [3.05, 3.63) is 93.6 Å². The number of carbonyl (C=O) groups is 2. The van der Waals surface area contributed by atoms with Crippen molar-refractivity contribution in [1.82, 2.24) is 4.98 Å². The normalized spacial score (nSPS) is 10.6. The number of hydrogen-bond donors (Lipinski definition) is 1. The molecule has 0 spiro atoms. The maximum atomic E-state index is 12.6. The lowest BCUT2D eigenvalue weighted by molar-refractivity contribution is -0.115. The van der Waals surface area contributed by atoms with E-state index in [-0.39, 0.29) is 18.1 Å². The van der Waals surface area contributed by atoms with E-state index in [0.717, 1.165) is 16.3 Å². The number of anilines is 1. The first-order valence-electron chi connectivity index (χ1n) is 8.66. The Morgan fingerprint density at radius 2 is 1.75 bits per heavy atom. The molecule has 4 rings (SSSR count). The molecule has 0 fully saturated rings. The number of thiophene rings is 1. The van der Waals surface area contributed by atoms with Crippen LogP contribution < -0.4 is 5.32 Å². The van der Waals surface area contributed by atoms with Crippen LogP contribution in [0.2, 0.25) is 0 Å². The number of thiazole rings is 1. The zero-order valence-electron chi connectivity index (χ0n) is 14.8. The van der Waals surface area contributed by atoms with E-state index in [2.05, 4.69) is 10.3 Å². The molecule has 6 heteroatoms. The number of hydrogen-bond acceptors (Lipinski definition) is 5. The fourth-order valence-corrected chi connectivity index (χ4v) is 4.30. The molecule has 0 radical (unpaired) electrons. The zero-order valence-corrected chi connectivity index (χ0v) is 16.4. The molecule has 2 aromatic carbocycles. The van der Waals surface area contributed by atoms with Crippen molar-refractivity contribution in [3.8, 4) is 10.6 Å². The van der Waals surface area contributed by atoms with Gasteiger partial charge in [-0.15, -0.1) is 11.3 Å². The van der Waals surface area contributed by atoms with Crippen LogP contribution in [0.15, 0.2) is 76.8 Å². The molecule has 4 aromatic rings. The van der Waals surface area contributed by atoms with Gasteiger partial charge in [-0.3, -0.25) is 9.59 Å². The van der Waals surface area contributed by atoms with Crippen LogP contribution in [0.3, 0.4) is 0 Å². The Hall–Kier alpha value is -3.09. The molecule has 0 aliphatic heterocycles. The van der Waals surface area contributed by atoms with Crippen molar-refractivity contribution in [1.29, 1.82) is 0 Å². The lowest BCUT2D eigenvalue weighted by Gasteiger charge is -2.07. The van der Waals surface area contributed by atoms with Gasteiger partial charge in [-0.05, 0) is 23.6 Å². The highest BCUT2D eigenvalue weighted by molar-refractivity contribution is 7.14. The van der Waals surface area contributed by atoms with Gasteiger partial charge in [0, 0.05) is 33.1 Å². The summed E-state index contributed by atoms with van der Waals surface area (Å²) in [7, 11) is 0. The SMILES string of the molecule is O=C(Cc1csc(-c2ccsc2)n1)Nc1cccc(C(=O)c2ccccc2)c1. The van der Waals surface area contributed by atoms with Gasteiger partial charge in [0.25, 0.3) is 0 Å². The van der Waals surface area contributed by atoms with Gasteiger partial charge in [0.05, 0.1) is 12.1 Å². The molecule has 1 N–H and O–H groups in total. The fraction of sp³-hybridized carbons (Fsp3) is 0.0455. The van der Waals surface area contributed by atoms with Gasteiger partial charge in [-0.25, -0.2) is 4.98 Å². The minimum absolute atomic E-state index is 0.0726. The predicted octanol–water partition coefficient (Wildman–Crippen LogP) is 5.28. The summed E-state index contributed by atoms with van der Waals surface area (Å²) in [6, 6.07) is 18.1. The summed E-state index contributed by atoms with van der Waals surface area (Å²) in [6.45, 7) is 0. The maximum Gasteiger partial charge on any atom is 0.230 e. The molecule has 0 aliphatic carbocycles. The minimum Gasteiger partial charge on any atom is -0.326 e. The molecule has 0 saturated heterocycles. The summed E-state index contributed by atoms with van der Waals surface area (Å²) in [5.74, 6) is -0.233. The van der Waals surface area contributed by atoms with Gasteiger partial charge in [-0.2, -0.15) is 11.3 Å². The molecule has 0 bridgehead atoms. The standard InChI is InChI=1S/C22H16N2O2S2/c25-20(12-19-14-28-22(24-19)17-9-10-27-13-17)23-18-8-4-7-16(11-18)21(26)15-5-2-1-3-6-15/h1-11,13-14H,12H2,(H,23,25). The summed E-state index contributed by atoms with van der Waals surface area (Å²) in [4.78, 5) is 29.5. The second kappa shape index (κ2) is 8.29. The van der Waals surface area contributed by atoms with Crippen LogP contribution in [0.25, 0.3) is 10.6 Å². The Labute approximate surface area is 170 Å². The van der Waals surface area contributed by atoms with Crippen LogP contribution in [0.5, 0.6) is 0 Å². The molecule has 138 valence electrons. The van der Waals surface area contributed by atoms with E-state index in [4.69, 9.17) is 0 Å². The molecule has 0 atom stereocenters. The Morgan fingerprint density at radius 3 is 2.54 bits per heavy atom. The third-order valence-electron chi connectivity index (χ3n) is 4.11. The van der Waals surface area contributed by atoms with E-state index < -0.39 is 0 Å². The number of carbonyl (C=O) groups excluding carboxylic acids is 2. The number of amides is 1. The molecule has 28 heavy (non-hydrogen) atoms. The van der Waals surface area contributed by atoms with Crippen molar-refractivity contribution < 1.29 is 9.59 Å². The Morgan fingerprint density at radius 1 is 0.929 bits per heavy atom. The molecule has 2 heterocycles. The molecule has 1 amide bonds. The average Bonchev–Trinajstić information content (AvgIpc) is 3.40. The van der Waals surface area contributed by atoms with E-state index >= 15 is 0 Å². The van der Waals surface area contributed by atoms with Crippen LogP contribution in [0.4, 0.5) is 5.69 Å². The molecule has 0 unspecified atom stereocenters. The van der Waals surface area contributed by atoms with Crippen LogP contribution in [0, 0.1) is 0 Å². The van der Waals surface area contributed by atoms with Gasteiger partial charge in [0.2, 0.25) is 5.91 Å². The molecular formula is C22H16N2O2S2. The van der Waals surface area contributed by atoms with Crippen molar-refractivity contribution in [2.75, 3.05) is 5.32 Å². The number of nitrogens with one attached hydrogen (secondary N) is 1. The lowest BCUT2D eigenvalue weighted by Crippen LogP contribution is -2.15. The summed E-state index contributed by atoms with van der Waals surface area (Å²) >= 11 is 3.15.